The van der Waals surface area contributed by atoms with E-state index in [1.807, 2.05) is 13.8 Å². The molecule has 0 rings (SSSR count). The molecule has 0 atom stereocenters. The van der Waals surface area contributed by atoms with Crippen LogP contribution in [0.15, 0.2) is 0 Å². The Morgan fingerprint density at radius 1 is 0.824 bits per heavy atom. The van der Waals surface area contributed by atoms with Gasteiger partial charge in [-0.1, -0.05) is 54.4 Å². The summed E-state index contributed by atoms with van der Waals surface area (Å²) >= 11 is 0. The molecule has 0 bridgehead atoms. The van der Waals surface area contributed by atoms with Crippen molar-refractivity contribution >= 4 is 0 Å². The van der Waals surface area contributed by atoms with Crippen LogP contribution in [-0.2, 0) is 0 Å². The van der Waals surface area contributed by atoms with Gasteiger partial charge in [0.25, 0.3) is 0 Å². The third-order valence-corrected chi connectivity index (χ3v) is 3.74. The second kappa shape index (κ2) is 6.75. The van der Waals surface area contributed by atoms with E-state index >= 15 is 0 Å². The Morgan fingerprint density at radius 3 is 1.71 bits per heavy atom. The van der Waals surface area contributed by atoms with Crippen molar-refractivity contribution in [2.45, 2.75) is 79.4 Å². The predicted molar refractivity (Wildman–Crippen MR) is 73.7 cm³/mol. The van der Waals surface area contributed by atoms with Gasteiger partial charge in [-0.25, -0.2) is 0 Å². The first-order valence-corrected chi connectivity index (χ1v) is 7.03. The first-order chi connectivity index (χ1) is 7.58. The Hall–Kier alpha value is -0.0800. The smallest absolute Gasteiger partial charge is 0.167 e. The van der Waals surface area contributed by atoms with Crippen molar-refractivity contribution in [3.05, 3.63) is 0 Å². The van der Waals surface area contributed by atoms with E-state index in [4.69, 9.17) is 0 Å². The molecule has 104 valence electrons. The van der Waals surface area contributed by atoms with Crippen LogP contribution in [0.4, 0.5) is 0 Å². The van der Waals surface area contributed by atoms with Crippen LogP contribution in [0.3, 0.4) is 0 Å². The fourth-order valence-electron chi connectivity index (χ4n) is 1.98. The van der Waals surface area contributed by atoms with Crippen LogP contribution >= 0.6 is 0 Å². The standard InChI is InChI=1S/C15H32O2/c1-12(2)8-7-10-14(5,6)15(16,17)11-9-13(3)4/h12-13,16-17H,7-11H2,1-6H3. The van der Waals surface area contributed by atoms with E-state index in [2.05, 4.69) is 27.7 Å². The number of rotatable bonds is 8. The van der Waals surface area contributed by atoms with Crippen molar-refractivity contribution in [3.63, 3.8) is 0 Å². The molecule has 0 heterocycles. The van der Waals surface area contributed by atoms with Crippen LogP contribution in [0.1, 0.15) is 73.6 Å². The van der Waals surface area contributed by atoms with Crippen molar-refractivity contribution in [1.82, 2.24) is 0 Å². The van der Waals surface area contributed by atoms with Crippen molar-refractivity contribution in [1.29, 1.82) is 0 Å². The van der Waals surface area contributed by atoms with E-state index < -0.39 is 11.2 Å². The fraction of sp³-hybridized carbons (Fsp3) is 1.00. The van der Waals surface area contributed by atoms with E-state index in [-0.39, 0.29) is 0 Å². The van der Waals surface area contributed by atoms with E-state index in [0.717, 1.165) is 25.7 Å². The van der Waals surface area contributed by atoms with Gasteiger partial charge in [-0.3, -0.25) is 0 Å². The van der Waals surface area contributed by atoms with Crippen LogP contribution in [0.5, 0.6) is 0 Å². The Balaban J connectivity index is 4.24. The average Bonchev–Trinajstić information content (AvgIpc) is 2.13. The fourth-order valence-corrected chi connectivity index (χ4v) is 1.98. The molecule has 0 aromatic heterocycles. The highest BCUT2D eigenvalue weighted by Crippen LogP contribution is 2.38. The molecule has 0 aliphatic heterocycles. The predicted octanol–water partition coefficient (Wildman–Crippen LogP) is 3.96. The SMILES string of the molecule is CC(C)CCCC(C)(C)C(O)(O)CCC(C)C. The van der Waals surface area contributed by atoms with Gasteiger partial charge >= 0.3 is 0 Å². The molecule has 2 N–H and O–H groups in total. The lowest BCUT2D eigenvalue weighted by molar-refractivity contribution is -0.241. The third-order valence-electron chi connectivity index (χ3n) is 3.74. The van der Waals surface area contributed by atoms with Gasteiger partial charge in [0, 0.05) is 11.8 Å². The summed E-state index contributed by atoms with van der Waals surface area (Å²) in [6.07, 6.45) is 4.43. The van der Waals surface area contributed by atoms with Gasteiger partial charge in [-0.05, 0) is 24.7 Å². The number of hydrogen-bond acceptors (Lipinski definition) is 2. The van der Waals surface area contributed by atoms with Crippen molar-refractivity contribution in [3.8, 4) is 0 Å². The maximum Gasteiger partial charge on any atom is 0.167 e. The topological polar surface area (TPSA) is 40.5 Å². The molecule has 0 aliphatic carbocycles. The molecule has 0 aromatic carbocycles. The molecular weight excluding hydrogens is 212 g/mol. The first-order valence-electron chi connectivity index (χ1n) is 7.03. The maximum absolute atomic E-state index is 10.2. The van der Waals surface area contributed by atoms with Gasteiger partial charge in [0.15, 0.2) is 5.79 Å². The highest BCUT2D eigenvalue weighted by molar-refractivity contribution is 4.84. The maximum atomic E-state index is 10.2. The Kier molecular flexibility index (Phi) is 6.71. The zero-order chi connectivity index (χ0) is 13.7. The minimum absolute atomic E-state index is 0.420. The van der Waals surface area contributed by atoms with E-state index in [1.54, 1.807) is 0 Å². The lowest BCUT2D eigenvalue weighted by atomic mass is 9.75. The summed E-state index contributed by atoms with van der Waals surface area (Å²) in [4.78, 5) is 0. The number of hydrogen-bond donors (Lipinski definition) is 2. The van der Waals surface area contributed by atoms with Crippen LogP contribution < -0.4 is 0 Å². The Labute approximate surface area is 107 Å². The lowest BCUT2D eigenvalue weighted by Crippen LogP contribution is -2.44. The molecule has 2 heteroatoms. The summed E-state index contributed by atoms with van der Waals surface area (Å²) < 4.78 is 0. The van der Waals surface area contributed by atoms with Crippen molar-refractivity contribution in [2.24, 2.45) is 17.3 Å². The quantitative estimate of drug-likeness (QED) is 0.635. The largest absolute Gasteiger partial charge is 0.365 e. The van der Waals surface area contributed by atoms with Crippen LogP contribution in [0, 0.1) is 17.3 Å². The summed E-state index contributed by atoms with van der Waals surface area (Å²) in [6.45, 7) is 12.6. The van der Waals surface area contributed by atoms with Gasteiger partial charge in [-0.15, -0.1) is 0 Å². The first kappa shape index (κ1) is 16.9. The zero-order valence-corrected chi connectivity index (χ0v) is 12.6. The van der Waals surface area contributed by atoms with E-state index in [9.17, 15) is 10.2 Å². The summed E-state index contributed by atoms with van der Waals surface area (Å²) in [5.74, 6) is -0.331. The Morgan fingerprint density at radius 2 is 1.29 bits per heavy atom. The summed E-state index contributed by atoms with van der Waals surface area (Å²) in [6, 6.07) is 0. The molecule has 0 spiro atoms. The third kappa shape index (κ3) is 6.42. The van der Waals surface area contributed by atoms with Gasteiger partial charge in [-0.2, -0.15) is 0 Å². The van der Waals surface area contributed by atoms with Gasteiger partial charge in [0.1, 0.15) is 0 Å². The highest BCUT2D eigenvalue weighted by atomic mass is 16.5. The molecule has 0 amide bonds. The van der Waals surface area contributed by atoms with Crippen LogP contribution in [0.2, 0.25) is 0 Å². The minimum Gasteiger partial charge on any atom is -0.365 e. The molecule has 0 aromatic rings. The van der Waals surface area contributed by atoms with Gasteiger partial charge in [0.2, 0.25) is 0 Å². The molecule has 0 saturated carbocycles. The molecule has 0 aliphatic rings. The summed E-state index contributed by atoms with van der Waals surface area (Å²) in [5.41, 5.74) is -0.420. The molecule has 17 heavy (non-hydrogen) atoms. The Bertz CT molecular complexity index is 205. The molecule has 0 saturated heterocycles. The number of aliphatic hydroxyl groups is 2. The second-order valence-electron chi connectivity index (χ2n) is 6.92. The summed E-state index contributed by atoms with van der Waals surface area (Å²) in [5, 5.41) is 20.4. The monoisotopic (exact) mass is 244 g/mol. The lowest BCUT2D eigenvalue weighted by Gasteiger charge is -2.39. The van der Waals surface area contributed by atoms with Gasteiger partial charge in [0.05, 0.1) is 0 Å². The van der Waals surface area contributed by atoms with Crippen molar-refractivity contribution < 1.29 is 10.2 Å². The minimum atomic E-state index is -1.53. The van der Waals surface area contributed by atoms with E-state index in [1.165, 1.54) is 0 Å². The highest BCUT2D eigenvalue weighted by Gasteiger charge is 2.40. The van der Waals surface area contributed by atoms with Crippen LogP contribution in [-0.4, -0.2) is 16.0 Å². The second-order valence-corrected chi connectivity index (χ2v) is 6.92. The molecular formula is C15H32O2. The molecule has 0 radical (unpaired) electrons. The molecule has 2 nitrogen and oxygen atoms in total. The summed E-state index contributed by atoms with van der Waals surface area (Å²) in [7, 11) is 0. The molecule has 0 fully saturated rings. The van der Waals surface area contributed by atoms with Crippen LogP contribution in [0.25, 0.3) is 0 Å². The van der Waals surface area contributed by atoms with Gasteiger partial charge < -0.3 is 10.2 Å². The normalized spacial score (nSPS) is 13.8. The average molecular weight is 244 g/mol. The van der Waals surface area contributed by atoms with Crippen molar-refractivity contribution in [2.75, 3.05) is 0 Å². The molecule has 0 unspecified atom stereocenters. The zero-order valence-electron chi connectivity index (χ0n) is 12.6. The van der Waals surface area contributed by atoms with E-state index in [0.29, 0.717) is 18.3 Å².